The highest BCUT2D eigenvalue weighted by Crippen LogP contribution is 2.16. The summed E-state index contributed by atoms with van der Waals surface area (Å²) in [5.41, 5.74) is 11.0. The first-order chi connectivity index (χ1) is 9.62. The molecular weight excluding hydrogens is 246 g/mol. The first kappa shape index (κ1) is 14.8. The zero-order valence-corrected chi connectivity index (χ0v) is 12.8. The molecule has 2 aromatic rings. The van der Waals surface area contributed by atoms with Gasteiger partial charge in [-0.2, -0.15) is 5.10 Å². The van der Waals surface area contributed by atoms with Crippen LogP contribution < -0.4 is 5.73 Å². The van der Waals surface area contributed by atoms with Crippen LogP contribution in [0.15, 0.2) is 30.3 Å². The maximum absolute atomic E-state index is 5.97. The second kappa shape index (κ2) is 6.71. The van der Waals surface area contributed by atoms with Crippen molar-refractivity contribution in [1.29, 1.82) is 0 Å². The minimum Gasteiger partial charge on any atom is -0.330 e. The van der Waals surface area contributed by atoms with Crippen molar-refractivity contribution < 1.29 is 0 Å². The Hall–Kier alpha value is -1.61. The zero-order valence-electron chi connectivity index (χ0n) is 12.8. The van der Waals surface area contributed by atoms with Crippen LogP contribution in [0.2, 0.25) is 0 Å². The van der Waals surface area contributed by atoms with Crippen LogP contribution in [0.5, 0.6) is 0 Å². The summed E-state index contributed by atoms with van der Waals surface area (Å²) in [6.45, 7) is 7.93. The van der Waals surface area contributed by atoms with E-state index in [1.807, 2.05) is 6.92 Å². The van der Waals surface area contributed by atoms with Crippen LogP contribution in [0.4, 0.5) is 0 Å². The summed E-state index contributed by atoms with van der Waals surface area (Å²) in [6.07, 6.45) is 2.03. The van der Waals surface area contributed by atoms with Gasteiger partial charge in [0, 0.05) is 12.2 Å². The molecule has 20 heavy (non-hydrogen) atoms. The number of aromatic nitrogens is 2. The third-order valence-corrected chi connectivity index (χ3v) is 3.76. The van der Waals surface area contributed by atoms with Crippen molar-refractivity contribution in [2.45, 2.75) is 40.2 Å². The Labute approximate surface area is 121 Å². The lowest BCUT2D eigenvalue weighted by Gasteiger charge is -2.15. The summed E-state index contributed by atoms with van der Waals surface area (Å²) in [6, 6.07) is 10.9. The molecule has 108 valence electrons. The minimum absolute atomic E-state index is 0.471. The number of hydrogen-bond donors (Lipinski definition) is 1. The normalized spacial score (nSPS) is 12.6. The zero-order chi connectivity index (χ0) is 14.5. The molecule has 0 aliphatic heterocycles. The predicted octanol–water partition coefficient (Wildman–Crippen LogP) is 2.88. The van der Waals surface area contributed by atoms with Gasteiger partial charge in [-0.1, -0.05) is 29.8 Å². The predicted molar refractivity (Wildman–Crippen MR) is 83.8 cm³/mol. The summed E-state index contributed by atoms with van der Waals surface area (Å²) in [5.74, 6) is 0.471. The number of hydrogen-bond acceptors (Lipinski definition) is 2. The summed E-state index contributed by atoms with van der Waals surface area (Å²) >= 11 is 0. The van der Waals surface area contributed by atoms with Gasteiger partial charge in [-0.05, 0) is 57.7 Å². The van der Waals surface area contributed by atoms with Gasteiger partial charge in [0.05, 0.1) is 5.69 Å². The number of nitrogens with zero attached hydrogens (tertiary/aromatic N) is 2. The summed E-state index contributed by atoms with van der Waals surface area (Å²) in [5, 5.41) is 4.51. The number of rotatable bonds is 6. The molecule has 0 bridgehead atoms. The van der Waals surface area contributed by atoms with Crippen molar-refractivity contribution in [1.82, 2.24) is 9.78 Å². The maximum atomic E-state index is 5.97. The van der Waals surface area contributed by atoms with Crippen LogP contribution in [-0.4, -0.2) is 16.3 Å². The van der Waals surface area contributed by atoms with Crippen LogP contribution >= 0.6 is 0 Å². The van der Waals surface area contributed by atoms with E-state index in [0.29, 0.717) is 12.5 Å². The highest BCUT2D eigenvalue weighted by atomic mass is 15.3. The fraction of sp³-hybridized carbons (Fsp3) is 0.471. The summed E-state index contributed by atoms with van der Waals surface area (Å²) in [4.78, 5) is 0. The molecule has 1 unspecified atom stereocenters. The second-order valence-corrected chi connectivity index (χ2v) is 5.59. The van der Waals surface area contributed by atoms with E-state index >= 15 is 0 Å². The smallest absolute Gasteiger partial charge is 0.0596 e. The van der Waals surface area contributed by atoms with E-state index in [-0.39, 0.29) is 0 Å². The first-order valence-electron chi connectivity index (χ1n) is 7.41. The lowest BCUT2D eigenvalue weighted by molar-refractivity contribution is 0.499. The number of aryl methyl sites for hydroxylation is 3. The van der Waals surface area contributed by atoms with Gasteiger partial charge >= 0.3 is 0 Å². The molecule has 0 saturated heterocycles. The molecule has 1 aromatic carbocycles. The molecular formula is C17H25N3. The molecule has 1 aromatic heterocycles. The SMILES string of the molecule is CCn1nc(C)cc1CC(CN)Cc1ccc(C)cc1. The number of benzene rings is 1. The van der Waals surface area contributed by atoms with E-state index in [4.69, 9.17) is 5.73 Å². The Morgan fingerprint density at radius 1 is 1.15 bits per heavy atom. The summed E-state index contributed by atoms with van der Waals surface area (Å²) in [7, 11) is 0. The molecule has 0 radical (unpaired) electrons. The largest absolute Gasteiger partial charge is 0.330 e. The van der Waals surface area contributed by atoms with Crippen LogP contribution in [0.3, 0.4) is 0 Å². The van der Waals surface area contributed by atoms with Gasteiger partial charge in [0.25, 0.3) is 0 Å². The van der Waals surface area contributed by atoms with Gasteiger partial charge in [0.2, 0.25) is 0 Å². The molecule has 0 fully saturated rings. The van der Waals surface area contributed by atoms with Crippen LogP contribution in [0, 0.1) is 19.8 Å². The van der Waals surface area contributed by atoms with E-state index in [1.54, 1.807) is 0 Å². The van der Waals surface area contributed by atoms with Crippen LogP contribution in [-0.2, 0) is 19.4 Å². The van der Waals surface area contributed by atoms with Crippen molar-refractivity contribution in [3.05, 3.63) is 52.8 Å². The molecule has 2 rings (SSSR count). The Morgan fingerprint density at radius 3 is 2.45 bits per heavy atom. The fourth-order valence-corrected chi connectivity index (χ4v) is 2.63. The molecule has 0 aliphatic rings. The monoisotopic (exact) mass is 271 g/mol. The standard InChI is InChI=1S/C17H25N3/c1-4-20-17(9-14(3)19-20)11-16(12-18)10-15-7-5-13(2)6-8-15/h5-9,16H,4,10-12,18H2,1-3H3. The number of nitrogens with two attached hydrogens (primary N) is 1. The topological polar surface area (TPSA) is 43.8 Å². The Morgan fingerprint density at radius 2 is 1.85 bits per heavy atom. The van der Waals surface area contributed by atoms with E-state index in [1.165, 1.54) is 16.8 Å². The van der Waals surface area contributed by atoms with Gasteiger partial charge in [0.1, 0.15) is 0 Å². The third-order valence-electron chi connectivity index (χ3n) is 3.76. The molecule has 0 saturated carbocycles. The molecule has 3 heteroatoms. The van der Waals surface area contributed by atoms with Crippen molar-refractivity contribution in [3.63, 3.8) is 0 Å². The van der Waals surface area contributed by atoms with Gasteiger partial charge < -0.3 is 5.73 Å². The maximum Gasteiger partial charge on any atom is 0.0596 e. The van der Waals surface area contributed by atoms with E-state index in [9.17, 15) is 0 Å². The quantitative estimate of drug-likeness (QED) is 0.878. The molecule has 1 atom stereocenters. The molecule has 2 N–H and O–H groups in total. The van der Waals surface area contributed by atoms with E-state index in [0.717, 1.165) is 25.1 Å². The molecule has 0 amide bonds. The Kier molecular flexibility index (Phi) is 4.96. The average molecular weight is 271 g/mol. The van der Waals surface area contributed by atoms with Crippen molar-refractivity contribution in [2.24, 2.45) is 11.7 Å². The third kappa shape index (κ3) is 3.70. The lowest BCUT2D eigenvalue weighted by Crippen LogP contribution is -2.21. The van der Waals surface area contributed by atoms with Crippen molar-refractivity contribution in [2.75, 3.05) is 6.54 Å². The second-order valence-electron chi connectivity index (χ2n) is 5.59. The van der Waals surface area contributed by atoms with Crippen LogP contribution in [0.1, 0.15) is 29.4 Å². The highest BCUT2D eigenvalue weighted by molar-refractivity contribution is 5.22. The molecule has 0 spiro atoms. The van der Waals surface area contributed by atoms with Crippen LogP contribution in [0.25, 0.3) is 0 Å². The summed E-state index contributed by atoms with van der Waals surface area (Å²) < 4.78 is 2.09. The Balaban J connectivity index is 2.06. The Bertz CT molecular complexity index is 540. The van der Waals surface area contributed by atoms with Gasteiger partial charge in [-0.3, -0.25) is 4.68 Å². The minimum atomic E-state index is 0.471. The molecule has 1 heterocycles. The lowest BCUT2D eigenvalue weighted by atomic mass is 9.94. The molecule has 3 nitrogen and oxygen atoms in total. The molecule has 0 aliphatic carbocycles. The fourth-order valence-electron chi connectivity index (χ4n) is 2.63. The van der Waals surface area contributed by atoms with Crippen molar-refractivity contribution in [3.8, 4) is 0 Å². The van der Waals surface area contributed by atoms with Gasteiger partial charge in [0.15, 0.2) is 0 Å². The average Bonchev–Trinajstić information content (AvgIpc) is 2.80. The van der Waals surface area contributed by atoms with E-state index in [2.05, 4.69) is 54.0 Å². The van der Waals surface area contributed by atoms with Gasteiger partial charge in [-0.15, -0.1) is 0 Å². The van der Waals surface area contributed by atoms with Crippen molar-refractivity contribution >= 4 is 0 Å². The van der Waals surface area contributed by atoms with E-state index < -0.39 is 0 Å². The van der Waals surface area contributed by atoms with Gasteiger partial charge in [-0.25, -0.2) is 0 Å². The highest BCUT2D eigenvalue weighted by Gasteiger charge is 2.13. The first-order valence-corrected chi connectivity index (χ1v) is 7.41.